The first-order chi connectivity index (χ1) is 16.5. The molecule has 8 nitrogen and oxygen atoms in total. The van der Waals surface area contributed by atoms with Gasteiger partial charge in [-0.25, -0.2) is 0 Å². The number of ether oxygens (including phenoxy) is 3. The van der Waals surface area contributed by atoms with Crippen LogP contribution in [0.4, 0.5) is 0 Å². The first-order valence-electron chi connectivity index (χ1n) is 12.8. The lowest BCUT2D eigenvalue weighted by Gasteiger charge is -2.60. The molecule has 0 aromatic carbocycles. The molecule has 1 saturated heterocycles. The van der Waals surface area contributed by atoms with Crippen molar-refractivity contribution in [1.82, 2.24) is 0 Å². The van der Waals surface area contributed by atoms with Crippen molar-refractivity contribution in [2.45, 2.75) is 90.0 Å². The van der Waals surface area contributed by atoms with Crippen LogP contribution in [-0.2, 0) is 28.6 Å². The fourth-order valence-corrected chi connectivity index (χ4v) is 8.34. The number of esters is 1. The van der Waals surface area contributed by atoms with E-state index in [0.29, 0.717) is 31.3 Å². The van der Waals surface area contributed by atoms with Crippen molar-refractivity contribution in [3.05, 3.63) is 23.8 Å². The standard InChI is InChI=1S/C27H36O8/c1-5-6-23-34-22-11-17-16-10-19(30)18-9-15(29)7-8-25(18,3)24(16)20(31)12-26(17,4)27(22,35-23)21(32)13-33-14(2)28/h7-9,16-17,19-20,22-24,30-31H,5-6,10-13H2,1-4H3/t16-,17-,19-,20-,22+,23-,24+,25-,26-,27+/m0/s1. The third-order valence-electron chi connectivity index (χ3n) is 9.65. The molecule has 0 spiro atoms. The van der Waals surface area contributed by atoms with Crippen LogP contribution in [0.3, 0.4) is 0 Å². The van der Waals surface area contributed by atoms with Gasteiger partial charge in [0.25, 0.3) is 0 Å². The zero-order valence-corrected chi connectivity index (χ0v) is 20.9. The van der Waals surface area contributed by atoms with Gasteiger partial charge in [0.1, 0.15) is 0 Å². The maximum Gasteiger partial charge on any atom is 0.303 e. The Bertz CT molecular complexity index is 1000. The average Bonchev–Trinajstić information content (AvgIpc) is 3.26. The molecule has 0 aromatic rings. The zero-order chi connectivity index (χ0) is 25.3. The minimum Gasteiger partial charge on any atom is -0.458 e. The first-order valence-corrected chi connectivity index (χ1v) is 12.8. The highest BCUT2D eigenvalue weighted by Crippen LogP contribution is 2.69. The van der Waals surface area contributed by atoms with Crippen molar-refractivity contribution in [2.24, 2.45) is 28.6 Å². The minimum absolute atomic E-state index is 0.0659. The van der Waals surface area contributed by atoms with E-state index in [0.717, 1.165) is 6.42 Å². The molecule has 4 fully saturated rings. The summed E-state index contributed by atoms with van der Waals surface area (Å²) < 4.78 is 17.9. The highest BCUT2D eigenvalue weighted by molar-refractivity contribution is 6.01. The number of carbonyl (C=O) groups is 3. The van der Waals surface area contributed by atoms with Crippen molar-refractivity contribution < 1.29 is 38.8 Å². The smallest absolute Gasteiger partial charge is 0.303 e. The second-order valence-corrected chi connectivity index (χ2v) is 11.5. The number of aliphatic hydroxyl groups is 2. The van der Waals surface area contributed by atoms with E-state index in [-0.39, 0.29) is 29.3 Å². The van der Waals surface area contributed by atoms with Gasteiger partial charge in [0, 0.05) is 23.7 Å². The van der Waals surface area contributed by atoms with Crippen LogP contribution in [0.1, 0.15) is 59.8 Å². The maximum atomic E-state index is 13.8. The number of allylic oxidation sites excluding steroid dienone is 3. The summed E-state index contributed by atoms with van der Waals surface area (Å²) in [6.45, 7) is 6.85. The molecule has 4 aliphatic carbocycles. The Hall–Kier alpha value is -1.87. The lowest BCUT2D eigenvalue weighted by atomic mass is 9.45. The van der Waals surface area contributed by atoms with Gasteiger partial charge in [-0.2, -0.15) is 0 Å². The Kier molecular flexibility index (Phi) is 5.91. The van der Waals surface area contributed by atoms with E-state index in [1.807, 2.05) is 26.8 Å². The lowest BCUT2D eigenvalue weighted by Crippen LogP contribution is -2.64. The summed E-state index contributed by atoms with van der Waals surface area (Å²) in [4.78, 5) is 37.3. The van der Waals surface area contributed by atoms with Crippen LogP contribution in [-0.4, -0.2) is 64.6 Å². The van der Waals surface area contributed by atoms with Crippen LogP contribution in [0.5, 0.6) is 0 Å². The first kappa shape index (κ1) is 24.8. The molecule has 0 radical (unpaired) electrons. The largest absolute Gasteiger partial charge is 0.458 e. The van der Waals surface area contributed by atoms with E-state index in [2.05, 4.69) is 0 Å². The number of ketones is 2. The SMILES string of the molecule is CCC[C@H]1O[C@@H]2C[C@H]3[C@@H]4C[C@H](O)C5=CC(=O)C=C[C@]5(C)[C@H]4[C@@H](O)C[C@]3(C)[C@]2(C(=O)COC(C)=O)O1. The molecule has 192 valence electrons. The molecule has 0 aromatic heterocycles. The summed E-state index contributed by atoms with van der Waals surface area (Å²) in [5, 5.41) is 22.8. The van der Waals surface area contributed by atoms with Gasteiger partial charge < -0.3 is 24.4 Å². The second kappa shape index (κ2) is 8.33. The van der Waals surface area contributed by atoms with Crippen LogP contribution < -0.4 is 0 Å². The highest BCUT2D eigenvalue weighted by atomic mass is 16.7. The molecule has 10 atom stereocenters. The van der Waals surface area contributed by atoms with Crippen LogP contribution in [0.15, 0.2) is 23.8 Å². The summed E-state index contributed by atoms with van der Waals surface area (Å²) in [5.74, 6) is -1.42. The number of aliphatic hydroxyl groups excluding tert-OH is 2. The quantitative estimate of drug-likeness (QED) is 0.566. The number of rotatable bonds is 5. The molecular weight excluding hydrogens is 452 g/mol. The van der Waals surface area contributed by atoms with Gasteiger partial charge in [-0.05, 0) is 55.2 Å². The molecule has 1 aliphatic heterocycles. The van der Waals surface area contributed by atoms with Crippen LogP contribution in [0.25, 0.3) is 0 Å². The summed E-state index contributed by atoms with van der Waals surface area (Å²) in [6.07, 6.45) is 4.93. The fourth-order valence-electron chi connectivity index (χ4n) is 8.34. The second-order valence-electron chi connectivity index (χ2n) is 11.5. The average molecular weight is 489 g/mol. The number of hydrogen-bond acceptors (Lipinski definition) is 8. The van der Waals surface area contributed by atoms with Crippen LogP contribution >= 0.6 is 0 Å². The van der Waals surface area contributed by atoms with Gasteiger partial charge in [0.05, 0.1) is 18.3 Å². The summed E-state index contributed by atoms with van der Waals surface area (Å²) in [6, 6.07) is 0. The van der Waals surface area contributed by atoms with Gasteiger partial charge in [-0.1, -0.05) is 33.3 Å². The van der Waals surface area contributed by atoms with E-state index >= 15 is 0 Å². The van der Waals surface area contributed by atoms with Gasteiger partial charge in [-0.15, -0.1) is 0 Å². The Morgan fingerprint density at radius 3 is 2.66 bits per heavy atom. The molecule has 8 heteroatoms. The van der Waals surface area contributed by atoms with E-state index in [1.165, 1.54) is 19.1 Å². The summed E-state index contributed by atoms with van der Waals surface area (Å²) >= 11 is 0. The third-order valence-corrected chi connectivity index (χ3v) is 9.65. The Balaban J connectivity index is 1.55. The molecule has 5 rings (SSSR count). The number of carbonyl (C=O) groups excluding carboxylic acids is 3. The Labute approximate surface area is 205 Å². The van der Waals surface area contributed by atoms with Crippen molar-refractivity contribution >= 4 is 17.5 Å². The van der Waals surface area contributed by atoms with Crippen molar-refractivity contribution in [3.8, 4) is 0 Å². The molecule has 5 aliphatic rings. The van der Waals surface area contributed by atoms with Crippen molar-refractivity contribution in [2.75, 3.05) is 6.61 Å². The highest BCUT2D eigenvalue weighted by Gasteiger charge is 2.76. The molecular formula is C27H36O8. The normalized spacial score (nSPS) is 47.9. The summed E-state index contributed by atoms with van der Waals surface area (Å²) in [5.41, 5.74) is -2.11. The van der Waals surface area contributed by atoms with Gasteiger partial charge in [0.15, 0.2) is 24.3 Å². The summed E-state index contributed by atoms with van der Waals surface area (Å²) in [7, 11) is 0. The molecule has 0 bridgehead atoms. The number of hydrogen-bond donors (Lipinski definition) is 2. The topological polar surface area (TPSA) is 119 Å². The van der Waals surface area contributed by atoms with Crippen LogP contribution in [0.2, 0.25) is 0 Å². The van der Waals surface area contributed by atoms with E-state index in [9.17, 15) is 24.6 Å². The molecule has 2 N–H and O–H groups in total. The molecule has 1 heterocycles. The van der Waals surface area contributed by atoms with Crippen molar-refractivity contribution in [1.29, 1.82) is 0 Å². The van der Waals surface area contributed by atoms with Gasteiger partial charge in [-0.3, -0.25) is 14.4 Å². The Morgan fingerprint density at radius 1 is 1.23 bits per heavy atom. The van der Waals surface area contributed by atoms with Gasteiger partial charge in [0.2, 0.25) is 5.78 Å². The number of Topliss-reactive ketones (excluding diaryl/α,β-unsaturated/α-hetero) is 1. The zero-order valence-electron chi connectivity index (χ0n) is 20.9. The molecule has 0 amide bonds. The van der Waals surface area contributed by atoms with Crippen LogP contribution in [0, 0.1) is 28.6 Å². The predicted octanol–water partition coefficient (Wildman–Crippen LogP) is 2.26. The molecule has 35 heavy (non-hydrogen) atoms. The fraction of sp³-hybridized carbons (Fsp3) is 0.741. The van der Waals surface area contributed by atoms with Crippen molar-refractivity contribution in [3.63, 3.8) is 0 Å². The molecule has 3 saturated carbocycles. The minimum atomic E-state index is -1.33. The maximum absolute atomic E-state index is 13.8. The third kappa shape index (κ3) is 3.36. The van der Waals surface area contributed by atoms with E-state index < -0.39 is 53.6 Å². The molecule has 0 unspecified atom stereocenters. The predicted molar refractivity (Wildman–Crippen MR) is 124 cm³/mol. The Morgan fingerprint density at radius 2 is 1.97 bits per heavy atom. The lowest BCUT2D eigenvalue weighted by molar-refractivity contribution is -0.204. The number of fused-ring (bicyclic) bond motifs is 7. The van der Waals surface area contributed by atoms with E-state index in [1.54, 1.807) is 0 Å². The monoisotopic (exact) mass is 488 g/mol. The van der Waals surface area contributed by atoms with E-state index in [4.69, 9.17) is 14.2 Å². The van der Waals surface area contributed by atoms with Gasteiger partial charge >= 0.3 is 5.97 Å².